The molecule has 0 saturated carbocycles. The summed E-state index contributed by atoms with van der Waals surface area (Å²) in [7, 11) is 0. The Morgan fingerprint density at radius 3 is 2.79 bits per heavy atom. The van der Waals surface area contributed by atoms with E-state index >= 15 is 0 Å². The highest BCUT2D eigenvalue weighted by Gasteiger charge is 2.18. The molecule has 1 heterocycles. The van der Waals surface area contributed by atoms with Crippen molar-refractivity contribution in [3.63, 3.8) is 0 Å². The van der Waals surface area contributed by atoms with Crippen molar-refractivity contribution in [3.8, 4) is 0 Å². The van der Waals surface area contributed by atoms with Crippen LogP contribution in [0.4, 0.5) is 10.5 Å². The molecule has 1 aromatic rings. The van der Waals surface area contributed by atoms with Crippen molar-refractivity contribution >= 4 is 23.3 Å². The van der Waals surface area contributed by atoms with E-state index in [1.807, 2.05) is 20.8 Å². The van der Waals surface area contributed by atoms with Crippen molar-refractivity contribution in [1.82, 2.24) is 10.3 Å². The maximum atomic E-state index is 11.7. The number of pyridine rings is 1. The van der Waals surface area contributed by atoms with E-state index in [9.17, 15) is 4.79 Å². The molecule has 0 saturated heterocycles. The minimum Gasteiger partial charge on any atom is -0.396 e. The fourth-order valence-electron chi connectivity index (χ4n) is 1.51. The zero-order chi connectivity index (χ0) is 14.5. The maximum absolute atomic E-state index is 11.7. The maximum Gasteiger partial charge on any atom is 0.319 e. The molecule has 0 aliphatic rings. The van der Waals surface area contributed by atoms with Crippen LogP contribution >= 0.6 is 11.6 Å². The number of amides is 2. The average Bonchev–Trinajstić information content (AvgIpc) is 2.32. The Hall–Kier alpha value is -1.33. The van der Waals surface area contributed by atoms with Crippen molar-refractivity contribution in [2.24, 2.45) is 5.41 Å². The van der Waals surface area contributed by atoms with E-state index in [0.29, 0.717) is 23.8 Å². The zero-order valence-corrected chi connectivity index (χ0v) is 12.2. The smallest absolute Gasteiger partial charge is 0.319 e. The third-order valence-corrected chi connectivity index (χ3v) is 3.18. The quantitative estimate of drug-likeness (QED) is 0.728. The lowest BCUT2D eigenvalue weighted by Crippen LogP contribution is -2.37. The van der Waals surface area contributed by atoms with Crippen molar-refractivity contribution in [3.05, 3.63) is 23.0 Å². The Morgan fingerprint density at radius 2 is 2.21 bits per heavy atom. The molecule has 0 aliphatic carbocycles. The first kappa shape index (κ1) is 15.7. The molecule has 1 rings (SSSR count). The van der Waals surface area contributed by atoms with Gasteiger partial charge in [-0.3, -0.25) is 0 Å². The number of nitrogens with zero attached hydrogens (tertiary/aromatic N) is 1. The van der Waals surface area contributed by atoms with E-state index in [1.54, 1.807) is 6.07 Å². The van der Waals surface area contributed by atoms with Crippen LogP contribution in [0.15, 0.2) is 12.3 Å². The van der Waals surface area contributed by atoms with Crippen molar-refractivity contribution in [1.29, 1.82) is 0 Å². The van der Waals surface area contributed by atoms with E-state index in [4.69, 9.17) is 16.7 Å². The first-order valence-corrected chi connectivity index (χ1v) is 6.50. The number of urea groups is 1. The van der Waals surface area contributed by atoms with Crippen LogP contribution in [-0.2, 0) is 0 Å². The lowest BCUT2D eigenvalue weighted by atomic mass is 9.90. The summed E-state index contributed by atoms with van der Waals surface area (Å²) in [5.41, 5.74) is 1.26. The zero-order valence-electron chi connectivity index (χ0n) is 11.5. The number of rotatable bonds is 5. The van der Waals surface area contributed by atoms with Crippen LogP contribution in [0.1, 0.15) is 25.8 Å². The van der Waals surface area contributed by atoms with E-state index in [-0.39, 0.29) is 18.1 Å². The highest BCUT2D eigenvalue weighted by Crippen LogP contribution is 2.18. The molecule has 6 heteroatoms. The number of carbonyl (C=O) groups is 1. The average molecular weight is 286 g/mol. The summed E-state index contributed by atoms with van der Waals surface area (Å²) in [6, 6.07) is 1.46. The third kappa shape index (κ3) is 5.44. The lowest BCUT2D eigenvalue weighted by Gasteiger charge is -2.23. The predicted molar refractivity (Wildman–Crippen MR) is 76.5 cm³/mol. The van der Waals surface area contributed by atoms with Crippen LogP contribution in [0.3, 0.4) is 0 Å². The minimum atomic E-state index is -0.297. The van der Waals surface area contributed by atoms with Crippen LogP contribution in [0.25, 0.3) is 0 Å². The molecule has 0 radical (unpaired) electrons. The minimum absolute atomic E-state index is 0.108. The molecular weight excluding hydrogens is 266 g/mol. The van der Waals surface area contributed by atoms with Gasteiger partial charge in [0, 0.05) is 13.2 Å². The van der Waals surface area contributed by atoms with Gasteiger partial charge in [0.1, 0.15) is 5.15 Å². The monoisotopic (exact) mass is 285 g/mol. The molecular formula is C13H20ClN3O2. The molecule has 1 aromatic heterocycles. The molecule has 5 nitrogen and oxygen atoms in total. The standard InChI is InChI=1S/C13H20ClN3O2/c1-9-6-10(7-15-11(9)14)17-12(19)16-8-13(2,3)4-5-18/h6-7,18H,4-5,8H2,1-3H3,(H2,16,17,19). The van der Waals surface area contributed by atoms with Crippen molar-refractivity contribution in [2.75, 3.05) is 18.5 Å². The second-order valence-corrected chi connectivity index (χ2v) is 5.64. The number of anilines is 1. The molecule has 0 fully saturated rings. The summed E-state index contributed by atoms with van der Waals surface area (Å²) in [5, 5.41) is 14.8. The van der Waals surface area contributed by atoms with Gasteiger partial charge in [-0.05, 0) is 30.4 Å². The fourth-order valence-corrected chi connectivity index (χ4v) is 1.62. The molecule has 106 valence electrons. The Bertz CT molecular complexity index is 450. The largest absolute Gasteiger partial charge is 0.396 e. The molecule has 2 amide bonds. The van der Waals surface area contributed by atoms with Crippen LogP contribution < -0.4 is 10.6 Å². The highest BCUT2D eigenvalue weighted by atomic mass is 35.5. The number of hydrogen-bond acceptors (Lipinski definition) is 3. The number of hydrogen-bond donors (Lipinski definition) is 3. The summed E-state index contributed by atoms with van der Waals surface area (Å²) in [6.45, 7) is 6.38. The van der Waals surface area contributed by atoms with E-state index in [1.165, 1.54) is 6.20 Å². The topological polar surface area (TPSA) is 74.2 Å². The number of halogens is 1. The van der Waals surface area contributed by atoms with Crippen molar-refractivity contribution < 1.29 is 9.90 Å². The second-order valence-electron chi connectivity index (χ2n) is 5.28. The number of nitrogens with one attached hydrogen (secondary N) is 2. The predicted octanol–water partition coefficient (Wildman–Crippen LogP) is 2.57. The van der Waals surface area contributed by atoms with Gasteiger partial charge >= 0.3 is 6.03 Å². The molecule has 19 heavy (non-hydrogen) atoms. The molecule has 0 unspecified atom stereocenters. The second kappa shape index (κ2) is 6.73. The SMILES string of the molecule is Cc1cc(NC(=O)NCC(C)(C)CCO)cnc1Cl. The van der Waals surface area contributed by atoms with Gasteiger partial charge in [0.15, 0.2) is 0 Å². The highest BCUT2D eigenvalue weighted by molar-refractivity contribution is 6.30. The third-order valence-electron chi connectivity index (χ3n) is 2.79. The Morgan fingerprint density at radius 1 is 1.53 bits per heavy atom. The first-order valence-electron chi connectivity index (χ1n) is 6.12. The lowest BCUT2D eigenvalue weighted by molar-refractivity contribution is 0.204. The van der Waals surface area contributed by atoms with E-state index in [0.717, 1.165) is 5.56 Å². The van der Waals surface area contributed by atoms with Crippen LogP contribution in [0.2, 0.25) is 5.15 Å². The molecule has 0 atom stereocenters. The van der Waals surface area contributed by atoms with Crippen LogP contribution in [0, 0.1) is 12.3 Å². The number of carbonyl (C=O) groups excluding carboxylic acids is 1. The van der Waals surface area contributed by atoms with Crippen LogP contribution in [-0.4, -0.2) is 29.3 Å². The van der Waals surface area contributed by atoms with Gasteiger partial charge < -0.3 is 15.7 Å². The first-order chi connectivity index (χ1) is 8.84. The summed E-state index contributed by atoms with van der Waals surface area (Å²) in [5.74, 6) is 0. The van der Waals surface area contributed by atoms with Gasteiger partial charge in [-0.1, -0.05) is 25.4 Å². The van der Waals surface area contributed by atoms with Gasteiger partial charge in [-0.15, -0.1) is 0 Å². The molecule has 3 N–H and O–H groups in total. The summed E-state index contributed by atoms with van der Waals surface area (Å²) < 4.78 is 0. The number of aliphatic hydroxyl groups is 1. The van der Waals surface area contributed by atoms with Crippen LogP contribution in [0.5, 0.6) is 0 Å². The van der Waals surface area contributed by atoms with Gasteiger partial charge in [-0.2, -0.15) is 0 Å². The molecule has 0 aliphatic heterocycles. The Balaban J connectivity index is 2.49. The summed E-state index contributed by atoms with van der Waals surface area (Å²) in [4.78, 5) is 15.7. The molecule has 0 aromatic carbocycles. The fraction of sp³-hybridized carbons (Fsp3) is 0.538. The number of aromatic nitrogens is 1. The normalized spacial score (nSPS) is 11.2. The molecule has 0 bridgehead atoms. The van der Waals surface area contributed by atoms with E-state index < -0.39 is 0 Å². The Labute approximate surface area is 118 Å². The molecule has 0 spiro atoms. The van der Waals surface area contributed by atoms with Gasteiger partial charge in [0.05, 0.1) is 11.9 Å². The van der Waals surface area contributed by atoms with Crippen molar-refractivity contribution in [2.45, 2.75) is 27.2 Å². The van der Waals surface area contributed by atoms with Gasteiger partial charge in [0.2, 0.25) is 0 Å². The summed E-state index contributed by atoms with van der Waals surface area (Å²) in [6.07, 6.45) is 2.14. The van der Waals surface area contributed by atoms with Gasteiger partial charge in [0.25, 0.3) is 0 Å². The van der Waals surface area contributed by atoms with E-state index in [2.05, 4.69) is 15.6 Å². The van der Waals surface area contributed by atoms with Gasteiger partial charge in [-0.25, -0.2) is 9.78 Å². The number of aryl methyl sites for hydroxylation is 1. The summed E-state index contributed by atoms with van der Waals surface area (Å²) >= 11 is 5.81. The Kier molecular flexibility index (Phi) is 5.57. The number of aliphatic hydroxyl groups excluding tert-OH is 1.